The Morgan fingerprint density at radius 2 is 1.63 bits per heavy atom. The Hall–Kier alpha value is -3.91. The molecule has 4 bridgehead atoms. The highest BCUT2D eigenvalue weighted by Crippen LogP contribution is 2.72. The van der Waals surface area contributed by atoms with Gasteiger partial charge >= 0.3 is 5.97 Å². The number of phenolic OH excluding ortho intramolecular Hbond substituents is 1. The van der Waals surface area contributed by atoms with Crippen molar-refractivity contribution in [3.63, 3.8) is 0 Å². The van der Waals surface area contributed by atoms with Crippen molar-refractivity contribution in [1.82, 2.24) is 0 Å². The van der Waals surface area contributed by atoms with Crippen LogP contribution in [0.5, 0.6) is 17.2 Å². The van der Waals surface area contributed by atoms with Gasteiger partial charge in [-0.3, -0.25) is 9.59 Å². The van der Waals surface area contributed by atoms with E-state index >= 15 is 4.79 Å². The fourth-order valence-corrected chi connectivity index (χ4v) is 8.21. The summed E-state index contributed by atoms with van der Waals surface area (Å²) in [7, 11) is 0. The first kappa shape index (κ1) is 32.0. The van der Waals surface area contributed by atoms with E-state index in [4.69, 9.17) is 14.2 Å². The molecule has 4 unspecified atom stereocenters. The lowest BCUT2D eigenvalue weighted by molar-refractivity contribution is -0.178. The second kappa shape index (κ2) is 10.0. The van der Waals surface area contributed by atoms with Gasteiger partial charge in [-0.05, 0) is 93.7 Å². The molecule has 244 valence electrons. The summed E-state index contributed by atoms with van der Waals surface area (Å²) >= 11 is 0. The van der Waals surface area contributed by atoms with E-state index in [0.29, 0.717) is 36.1 Å². The minimum atomic E-state index is -1.69. The van der Waals surface area contributed by atoms with Gasteiger partial charge in [-0.15, -0.1) is 0 Å². The van der Waals surface area contributed by atoms with E-state index in [2.05, 4.69) is 0 Å². The Bertz CT molecular complexity index is 1760. The number of aromatic hydroxyl groups is 1. The van der Waals surface area contributed by atoms with Gasteiger partial charge in [0, 0.05) is 29.0 Å². The first-order chi connectivity index (χ1) is 21.3. The van der Waals surface area contributed by atoms with Crippen LogP contribution < -0.4 is 9.47 Å². The maximum Gasteiger partial charge on any atom is 0.330 e. The number of ether oxygens (including phenoxy) is 3. The van der Waals surface area contributed by atoms with Crippen molar-refractivity contribution in [2.24, 2.45) is 11.3 Å². The Labute approximate surface area is 270 Å². The van der Waals surface area contributed by atoms with Crippen molar-refractivity contribution in [1.29, 1.82) is 0 Å². The van der Waals surface area contributed by atoms with E-state index in [1.165, 1.54) is 13.0 Å². The topological polar surface area (TPSA) is 119 Å². The van der Waals surface area contributed by atoms with Crippen LogP contribution in [0.2, 0.25) is 0 Å². The highest BCUT2D eigenvalue weighted by atomic mass is 16.6. The molecule has 1 aromatic carbocycles. The molecule has 8 nitrogen and oxygen atoms in total. The number of aliphatic carboxylic acids is 1. The van der Waals surface area contributed by atoms with Gasteiger partial charge in [-0.2, -0.15) is 0 Å². The fraction of sp³-hybridized carbons (Fsp3) is 0.500. The predicted molar refractivity (Wildman–Crippen MR) is 174 cm³/mol. The number of hydrogen-bond donors (Lipinski definition) is 2. The summed E-state index contributed by atoms with van der Waals surface area (Å²) in [6.07, 6.45) is 12.0. The molecule has 6 aliphatic rings. The van der Waals surface area contributed by atoms with E-state index < -0.39 is 45.5 Å². The standard InChI is InChI=1S/C38H44O8/c1-20(2)10-11-24-30-23(14-15-34(6,7)44-30)28(39)27-29(40)25-18-36(16-12-21(3)4)19-26-35(8,9)46-37(33(36)43,17-13-22(5)32(41)42)38(25,26)45-31(24)27/h10,12-15,18,26,39H,11,16-17,19H2,1-9H3,(H,41,42). The maximum atomic E-state index is 15.1. The van der Waals surface area contributed by atoms with Crippen molar-refractivity contribution >= 4 is 23.6 Å². The third-order valence-corrected chi connectivity index (χ3v) is 10.5. The number of ketones is 2. The summed E-state index contributed by atoms with van der Waals surface area (Å²) in [5.74, 6) is -1.80. The lowest BCUT2D eigenvalue weighted by Gasteiger charge is -2.60. The second-order valence-electron chi connectivity index (χ2n) is 15.2. The SMILES string of the molecule is CC(C)=CCc1c2c(c(O)c3c1OC14C(=CC5(CC=C(C)C)CC1C(C)(C)OC4(CC=C(C)C(=O)O)C5=O)C3=O)C=CC(C)(C)O2. The molecule has 1 saturated heterocycles. The molecule has 8 heteroatoms. The first-order valence-electron chi connectivity index (χ1n) is 16.0. The van der Waals surface area contributed by atoms with Gasteiger partial charge in [-0.25, -0.2) is 4.79 Å². The molecule has 46 heavy (non-hydrogen) atoms. The van der Waals surface area contributed by atoms with Gasteiger partial charge in [0.2, 0.25) is 0 Å². The number of carbonyl (C=O) groups excluding carboxylic acids is 2. The molecule has 4 atom stereocenters. The number of hydrogen-bond acceptors (Lipinski definition) is 7. The number of Topliss-reactive ketones (excluding diaryl/α,β-unsaturated/α-hetero) is 2. The molecule has 2 fully saturated rings. The molecule has 1 spiro atoms. The maximum absolute atomic E-state index is 15.1. The molecule has 0 radical (unpaired) electrons. The molecule has 1 aromatic rings. The number of rotatable bonds is 7. The van der Waals surface area contributed by atoms with E-state index in [9.17, 15) is 19.8 Å². The lowest BCUT2D eigenvalue weighted by atomic mass is 9.45. The quantitative estimate of drug-likeness (QED) is 0.240. The number of phenols is 1. The normalized spacial score (nSPS) is 30.8. The van der Waals surface area contributed by atoms with Crippen molar-refractivity contribution in [3.8, 4) is 17.2 Å². The van der Waals surface area contributed by atoms with E-state index in [-0.39, 0.29) is 40.4 Å². The number of fused-ring (bicyclic) bond motifs is 2. The second-order valence-corrected chi connectivity index (χ2v) is 15.2. The zero-order valence-corrected chi connectivity index (χ0v) is 28.2. The summed E-state index contributed by atoms with van der Waals surface area (Å²) < 4.78 is 20.5. The summed E-state index contributed by atoms with van der Waals surface area (Å²) in [5.41, 5.74) is -2.43. The van der Waals surface area contributed by atoms with Crippen LogP contribution in [0.15, 0.2) is 52.7 Å². The third kappa shape index (κ3) is 4.25. The minimum Gasteiger partial charge on any atom is -0.506 e. The summed E-state index contributed by atoms with van der Waals surface area (Å²) in [5, 5.41) is 21.5. The Morgan fingerprint density at radius 1 is 0.957 bits per heavy atom. The van der Waals surface area contributed by atoms with Gasteiger partial charge in [0.1, 0.15) is 28.4 Å². The largest absolute Gasteiger partial charge is 0.506 e. The van der Waals surface area contributed by atoms with Crippen LogP contribution in [0.3, 0.4) is 0 Å². The molecule has 0 amide bonds. The summed E-state index contributed by atoms with van der Waals surface area (Å²) in [6, 6.07) is 0. The highest BCUT2D eigenvalue weighted by molar-refractivity contribution is 6.19. The summed E-state index contributed by atoms with van der Waals surface area (Å²) in [4.78, 5) is 42.0. The van der Waals surface area contributed by atoms with Gasteiger partial charge in [0.05, 0.1) is 16.6 Å². The average Bonchev–Trinajstić information content (AvgIpc) is 3.11. The Balaban J connectivity index is 1.70. The van der Waals surface area contributed by atoms with Crippen LogP contribution >= 0.6 is 0 Å². The molecule has 3 aliphatic carbocycles. The molecular weight excluding hydrogens is 584 g/mol. The van der Waals surface area contributed by atoms with E-state index in [1.54, 1.807) is 12.2 Å². The highest BCUT2D eigenvalue weighted by Gasteiger charge is 2.84. The van der Waals surface area contributed by atoms with E-state index in [1.807, 2.05) is 73.6 Å². The van der Waals surface area contributed by atoms with Crippen LogP contribution in [0, 0.1) is 11.3 Å². The third-order valence-electron chi connectivity index (χ3n) is 10.5. The lowest BCUT2D eigenvalue weighted by Crippen LogP contribution is -2.74. The van der Waals surface area contributed by atoms with Crippen molar-refractivity contribution in [3.05, 3.63) is 69.4 Å². The Kier molecular flexibility index (Phi) is 7.00. The summed E-state index contributed by atoms with van der Waals surface area (Å²) in [6.45, 7) is 17.0. The predicted octanol–water partition coefficient (Wildman–Crippen LogP) is 7.24. The number of carboxylic acid groups (broad SMARTS) is 1. The Morgan fingerprint density at radius 3 is 2.26 bits per heavy atom. The number of carbonyl (C=O) groups is 3. The number of benzene rings is 1. The van der Waals surface area contributed by atoms with Crippen LogP contribution in [-0.4, -0.2) is 50.2 Å². The monoisotopic (exact) mass is 628 g/mol. The zero-order chi connectivity index (χ0) is 33.8. The molecule has 0 aromatic heterocycles. The molecular formula is C38H44O8. The average molecular weight is 629 g/mol. The molecule has 3 aliphatic heterocycles. The van der Waals surface area contributed by atoms with Crippen molar-refractivity contribution < 1.29 is 38.8 Å². The van der Waals surface area contributed by atoms with Gasteiger partial charge in [-0.1, -0.05) is 35.5 Å². The molecule has 1 saturated carbocycles. The molecule has 2 N–H and O–H groups in total. The van der Waals surface area contributed by atoms with Crippen molar-refractivity contribution in [2.45, 2.75) is 110 Å². The van der Waals surface area contributed by atoms with Crippen LogP contribution in [0.1, 0.15) is 103 Å². The minimum absolute atomic E-state index is 0.0442. The van der Waals surface area contributed by atoms with Gasteiger partial charge < -0.3 is 24.4 Å². The molecule has 3 heterocycles. The smallest absolute Gasteiger partial charge is 0.330 e. The van der Waals surface area contributed by atoms with Crippen molar-refractivity contribution in [2.75, 3.05) is 0 Å². The fourth-order valence-electron chi connectivity index (χ4n) is 8.21. The van der Waals surface area contributed by atoms with E-state index in [0.717, 1.165) is 11.1 Å². The molecule has 7 rings (SSSR count). The van der Waals surface area contributed by atoms with Crippen LogP contribution in [0.4, 0.5) is 0 Å². The van der Waals surface area contributed by atoms with Gasteiger partial charge in [0.15, 0.2) is 22.8 Å². The number of carboxylic acids is 1. The first-order valence-corrected chi connectivity index (χ1v) is 16.0. The van der Waals surface area contributed by atoms with Crippen LogP contribution in [0.25, 0.3) is 6.08 Å². The zero-order valence-electron chi connectivity index (χ0n) is 28.2. The van der Waals surface area contributed by atoms with Gasteiger partial charge in [0.25, 0.3) is 0 Å². The van der Waals surface area contributed by atoms with Crippen LogP contribution in [-0.2, 0) is 20.7 Å². The number of allylic oxidation sites excluding steroid dienone is 5.